The Morgan fingerprint density at radius 3 is 2.33 bits per heavy atom. The Morgan fingerprint density at radius 1 is 1.29 bits per heavy atom. The van der Waals surface area contributed by atoms with Gasteiger partial charge in [0.15, 0.2) is 0 Å². The van der Waals surface area contributed by atoms with Crippen LogP contribution in [-0.4, -0.2) is 30.8 Å². The third-order valence-corrected chi connectivity index (χ3v) is 5.18. The molecule has 1 unspecified atom stereocenters. The van der Waals surface area contributed by atoms with E-state index >= 15 is 0 Å². The predicted molar refractivity (Wildman–Crippen MR) is 89.0 cm³/mol. The molecule has 0 spiro atoms. The van der Waals surface area contributed by atoms with Crippen LogP contribution in [0, 0.1) is 0 Å². The second-order valence-corrected chi connectivity index (χ2v) is 7.03. The molecule has 0 amide bonds. The van der Waals surface area contributed by atoms with Crippen molar-refractivity contribution in [2.24, 2.45) is 0 Å². The minimum absolute atomic E-state index is 0.241. The van der Waals surface area contributed by atoms with Crippen LogP contribution in [0.2, 0.25) is 5.02 Å². The van der Waals surface area contributed by atoms with Gasteiger partial charge in [-0.25, -0.2) is 0 Å². The summed E-state index contributed by atoms with van der Waals surface area (Å²) in [7, 11) is 4.32. The van der Waals surface area contributed by atoms with Crippen molar-refractivity contribution in [3.63, 3.8) is 0 Å². The van der Waals surface area contributed by atoms with Crippen molar-refractivity contribution in [3.8, 4) is 0 Å². The highest BCUT2D eigenvalue weighted by molar-refractivity contribution is 6.30. The molecule has 2 nitrogen and oxygen atoms in total. The van der Waals surface area contributed by atoms with Gasteiger partial charge in [-0.05, 0) is 64.4 Å². The molecular formula is C18H26ClNO. The Balaban J connectivity index is 2.18. The molecular weight excluding hydrogens is 282 g/mol. The lowest BCUT2D eigenvalue weighted by Crippen LogP contribution is -2.52. The number of halogens is 1. The normalized spacial score (nSPS) is 18.3. The third kappa shape index (κ3) is 3.67. The molecule has 0 N–H and O–H groups in total. The molecule has 1 aliphatic rings. The SMILES string of the molecule is CC(=O)CCCC(N(C)C)C1(c2ccc(Cl)cc2)CCC1. The fourth-order valence-electron chi connectivity index (χ4n) is 3.73. The topological polar surface area (TPSA) is 20.3 Å². The summed E-state index contributed by atoms with van der Waals surface area (Å²) >= 11 is 6.04. The van der Waals surface area contributed by atoms with E-state index in [4.69, 9.17) is 11.6 Å². The van der Waals surface area contributed by atoms with Crippen LogP contribution in [0.5, 0.6) is 0 Å². The van der Waals surface area contributed by atoms with Gasteiger partial charge in [-0.3, -0.25) is 0 Å². The fourth-order valence-corrected chi connectivity index (χ4v) is 3.85. The van der Waals surface area contributed by atoms with Crippen LogP contribution in [0.15, 0.2) is 24.3 Å². The van der Waals surface area contributed by atoms with E-state index in [0.29, 0.717) is 18.2 Å². The van der Waals surface area contributed by atoms with Gasteiger partial charge in [-0.2, -0.15) is 0 Å². The van der Waals surface area contributed by atoms with Crippen LogP contribution in [0.4, 0.5) is 0 Å². The van der Waals surface area contributed by atoms with Crippen LogP contribution in [0.25, 0.3) is 0 Å². The Kier molecular flexibility index (Phi) is 5.45. The number of rotatable bonds is 7. The summed E-state index contributed by atoms with van der Waals surface area (Å²) < 4.78 is 0. The van der Waals surface area contributed by atoms with Gasteiger partial charge in [0.2, 0.25) is 0 Å². The average molecular weight is 308 g/mol. The maximum absolute atomic E-state index is 11.2. The van der Waals surface area contributed by atoms with E-state index in [1.165, 1.54) is 24.8 Å². The monoisotopic (exact) mass is 307 g/mol. The summed E-state index contributed by atoms with van der Waals surface area (Å²) in [5.41, 5.74) is 1.64. The molecule has 0 heterocycles. The van der Waals surface area contributed by atoms with E-state index in [0.717, 1.165) is 17.9 Å². The van der Waals surface area contributed by atoms with E-state index in [-0.39, 0.29) is 5.41 Å². The molecule has 0 bridgehead atoms. The Hall–Kier alpha value is -0.860. The molecule has 0 radical (unpaired) electrons. The molecule has 1 atom stereocenters. The van der Waals surface area contributed by atoms with Gasteiger partial charge in [0.25, 0.3) is 0 Å². The van der Waals surface area contributed by atoms with Gasteiger partial charge in [0.1, 0.15) is 5.78 Å². The maximum atomic E-state index is 11.2. The predicted octanol–water partition coefficient (Wildman–Crippen LogP) is 4.45. The molecule has 1 aromatic carbocycles. The molecule has 1 fully saturated rings. The van der Waals surface area contributed by atoms with E-state index < -0.39 is 0 Å². The quantitative estimate of drug-likeness (QED) is 0.741. The minimum atomic E-state index is 0.241. The van der Waals surface area contributed by atoms with Gasteiger partial charge in [0.05, 0.1) is 0 Å². The van der Waals surface area contributed by atoms with E-state index in [1.807, 2.05) is 12.1 Å². The highest BCUT2D eigenvalue weighted by Crippen LogP contribution is 2.49. The van der Waals surface area contributed by atoms with Crippen molar-refractivity contribution in [3.05, 3.63) is 34.9 Å². The van der Waals surface area contributed by atoms with Crippen molar-refractivity contribution in [1.29, 1.82) is 0 Å². The Morgan fingerprint density at radius 2 is 1.90 bits per heavy atom. The van der Waals surface area contributed by atoms with Crippen LogP contribution < -0.4 is 0 Å². The van der Waals surface area contributed by atoms with Crippen LogP contribution in [-0.2, 0) is 10.2 Å². The summed E-state index contributed by atoms with van der Waals surface area (Å²) in [4.78, 5) is 13.5. The van der Waals surface area contributed by atoms with Gasteiger partial charge >= 0.3 is 0 Å². The Labute approximate surface area is 133 Å². The molecule has 1 aliphatic carbocycles. The zero-order chi connectivity index (χ0) is 15.5. The molecule has 0 aliphatic heterocycles. The number of nitrogens with zero attached hydrogens (tertiary/aromatic N) is 1. The van der Waals surface area contributed by atoms with E-state index in [9.17, 15) is 4.79 Å². The molecule has 1 saturated carbocycles. The second-order valence-electron chi connectivity index (χ2n) is 6.59. The zero-order valence-corrected chi connectivity index (χ0v) is 14.1. The maximum Gasteiger partial charge on any atom is 0.129 e. The van der Waals surface area contributed by atoms with Crippen molar-refractivity contribution in [1.82, 2.24) is 4.90 Å². The summed E-state index contributed by atoms with van der Waals surface area (Å²) in [5.74, 6) is 0.293. The number of benzene rings is 1. The average Bonchev–Trinajstić information content (AvgIpc) is 2.37. The first-order valence-corrected chi connectivity index (χ1v) is 8.25. The highest BCUT2D eigenvalue weighted by Gasteiger charge is 2.45. The molecule has 0 aromatic heterocycles. The number of likely N-dealkylation sites (N-methyl/N-ethyl adjacent to an activating group) is 1. The molecule has 1 aromatic rings. The summed E-state index contributed by atoms with van der Waals surface area (Å²) in [6, 6.07) is 8.86. The summed E-state index contributed by atoms with van der Waals surface area (Å²) in [6.45, 7) is 1.68. The molecule has 3 heteroatoms. The van der Waals surface area contributed by atoms with Gasteiger partial charge < -0.3 is 9.69 Å². The van der Waals surface area contributed by atoms with Crippen LogP contribution in [0.3, 0.4) is 0 Å². The third-order valence-electron chi connectivity index (χ3n) is 4.93. The van der Waals surface area contributed by atoms with E-state index in [2.05, 4.69) is 31.1 Å². The summed E-state index contributed by atoms with van der Waals surface area (Å²) in [5, 5.41) is 0.797. The first-order chi connectivity index (χ1) is 9.95. The Bertz CT molecular complexity index is 476. The molecule has 2 rings (SSSR count). The second kappa shape index (κ2) is 6.93. The minimum Gasteiger partial charge on any atom is -0.306 e. The van der Waals surface area contributed by atoms with Crippen LogP contribution in [0.1, 0.15) is 51.0 Å². The molecule has 21 heavy (non-hydrogen) atoms. The van der Waals surface area contributed by atoms with Gasteiger partial charge in [0, 0.05) is 22.9 Å². The standard InChI is InChI=1S/C18H26ClNO/c1-14(21)6-4-7-17(20(2)3)18(12-5-13-18)15-8-10-16(19)11-9-15/h8-11,17H,4-7,12-13H2,1-3H3. The van der Waals surface area contributed by atoms with Gasteiger partial charge in [-0.1, -0.05) is 30.2 Å². The smallest absolute Gasteiger partial charge is 0.129 e. The van der Waals surface area contributed by atoms with Crippen molar-refractivity contribution >= 4 is 17.4 Å². The number of hydrogen-bond acceptors (Lipinski definition) is 2. The lowest BCUT2D eigenvalue weighted by molar-refractivity contribution is -0.117. The van der Waals surface area contributed by atoms with Crippen molar-refractivity contribution in [2.45, 2.75) is 56.9 Å². The molecule has 116 valence electrons. The number of carbonyl (C=O) groups excluding carboxylic acids is 1. The molecule has 0 saturated heterocycles. The highest BCUT2D eigenvalue weighted by atomic mass is 35.5. The summed E-state index contributed by atoms with van der Waals surface area (Å²) in [6.07, 6.45) is 6.51. The van der Waals surface area contributed by atoms with Crippen LogP contribution >= 0.6 is 11.6 Å². The first kappa shape index (κ1) is 16.5. The van der Waals surface area contributed by atoms with Crippen molar-refractivity contribution in [2.75, 3.05) is 14.1 Å². The van der Waals surface area contributed by atoms with Crippen molar-refractivity contribution < 1.29 is 4.79 Å². The lowest BCUT2D eigenvalue weighted by Gasteiger charge is -2.51. The largest absolute Gasteiger partial charge is 0.306 e. The zero-order valence-electron chi connectivity index (χ0n) is 13.4. The number of hydrogen-bond donors (Lipinski definition) is 0. The van der Waals surface area contributed by atoms with E-state index in [1.54, 1.807) is 6.92 Å². The fraction of sp³-hybridized carbons (Fsp3) is 0.611. The first-order valence-electron chi connectivity index (χ1n) is 7.87. The number of ketones is 1. The number of carbonyl (C=O) groups is 1. The number of Topliss-reactive ketones (excluding diaryl/α,β-unsaturated/α-hetero) is 1. The van der Waals surface area contributed by atoms with Gasteiger partial charge in [-0.15, -0.1) is 0 Å². The lowest BCUT2D eigenvalue weighted by atomic mass is 9.59.